The first-order chi connectivity index (χ1) is 22.7. The largest absolute Gasteiger partial charge is 0.358 e. The van der Waals surface area contributed by atoms with Gasteiger partial charge in [0.2, 0.25) is 11.8 Å². The van der Waals surface area contributed by atoms with Crippen molar-refractivity contribution >= 4 is 52.4 Å². The quantitative estimate of drug-likeness (QED) is 0.263. The summed E-state index contributed by atoms with van der Waals surface area (Å²) >= 11 is 3.45. The van der Waals surface area contributed by atoms with Crippen LogP contribution in [0.4, 0.5) is 5.69 Å². The highest BCUT2D eigenvalue weighted by Crippen LogP contribution is 2.67. The number of anilines is 1. The van der Waals surface area contributed by atoms with Crippen LogP contribution in [0.2, 0.25) is 0 Å². The first-order valence-corrected chi connectivity index (χ1v) is 18.7. The molecule has 3 unspecified atom stereocenters. The number of hydroxylamine groups is 1. The summed E-state index contributed by atoms with van der Waals surface area (Å²) in [6, 6.07) is 11.6. The van der Waals surface area contributed by atoms with Crippen molar-refractivity contribution in [2.45, 2.75) is 102 Å². The van der Waals surface area contributed by atoms with E-state index in [0.29, 0.717) is 18.7 Å². The summed E-state index contributed by atoms with van der Waals surface area (Å²) in [7, 11) is 1.59. The number of hydrogen-bond donors (Lipinski definition) is 1. The van der Waals surface area contributed by atoms with Gasteiger partial charge in [-0.3, -0.25) is 19.2 Å². The molecule has 10 nitrogen and oxygen atoms in total. The molecular weight excluding hydrogens is 651 g/mol. The van der Waals surface area contributed by atoms with Crippen LogP contribution in [0.25, 0.3) is 10.4 Å². The monoisotopic (exact) mass is 697 g/mol. The number of thioether (sulfide) groups is 1. The predicted octanol–water partition coefficient (Wildman–Crippen LogP) is 6.03. The average molecular weight is 698 g/mol. The molecule has 4 amide bonds. The summed E-state index contributed by atoms with van der Waals surface area (Å²) in [5, 5.41) is 0. The first-order valence-electron chi connectivity index (χ1n) is 16.9. The number of ether oxygens (including phenoxy) is 2. The Hall–Kier alpha value is -2.77. The van der Waals surface area contributed by atoms with E-state index in [1.165, 1.54) is 9.80 Å². The molecular formula is C36H47N3O7S2. The van der Waals surface area contributed by atoms with Gasteiger partial charge in [0.15, 0.2) is 11.9 Å². The summed E-state index contributed by atoms with van der Waals surface area (Å²) in [5.74, 6) is -1.24. The molecule has 1 aliphatic carbocycles. The van der Waals surface area contributed by atoms with Crippen molar-refractivity contribution in [1.29, 1.82) is 0 Å². The highest BCUT2D eigenvalue weighted by molar-refractivity contribution is 8.00. The van der Waals surface area contributed by atoms with Gasteiger partial charge in [-0.25, -0.2) is 15.2 Å². The second-order valence-electron chi connectivity index (χ2n) is 15.0. The molecule has 1 aromatic heterocycles. The van der Waals surface area contributed by atoms with Crippen molar-refractivity contribution in [2.75, 3.05) is 30.9 Å². The molecule has 0 spiro atoms. The standard InChI is InChI=1S/C36H47N3O7S2/c1-33(2,3)46-36-30(34(36,4)5)31(42)39(28(41)22-38(6)32(36)43)24-13-11-12-23(20-24)25-15-16-26(48-25)35(17-8-10-19-47-35)21-27(40)37-45-29-14-7-9-18-44-29/h11-13,15-16,20,29-30H,7-10,14,17-19,21-22H2,1-6H3,(H,37,40)/t29?,30?,35-,36?/m0/s1. The Morgan fingerprint density at radius 2 is 1.88 bits per heavy atom. The maximum absolute atomic E-state index is 14.3. The summed E-state index contributed by atoms with van der Waals surface area (Å²) < 4.78 is 11.6. The van der Waals surface area contributed by atoms with E-state index in [2.05, 4.69) is 17.6 Å². The van der Waals surface area contributed by atoms with Gasteiger partial charge in [0.25, 0.3) is 11.8 Å². The molecule has 260 valence electrons. The Balaban J connectivity index is 1.26. The molecule has 1 saturated carbocycles. The molecule has 3 saturated heterocycles. The van der Waals surface area contributed by atoms with Crippen molar-refractivity contribution in [3.8, 4) is 10.4 Å². The zero-order chi connectivity index (χ0) is 34.5. The van der Waals surface area contributed by atoms with Crippen molar-refractivity contribution in [3.05, 3.63) is 41.3 Å². The van der Waals surface area contributed by atoms with Crippen LogP contribution in [0.3, 0.4) is 0 Å². The number of nitrogens with one attached hydrogen (secondary N) is 1. The summed E-state index contributed by atoms with van der Waals surface area (Å²) in [6.45, 7) is 9.73. The predicted molar refractivity (Wildman–Crippen MR) is 186 cm³/mol. The Morgan fingerprint density at radius 1 is 1.08 bits per heavy atom. The van der Waals surface area contributed by atoms with Crippen LogP contribution in [0.15, 0.2) is 36.4 Å². The van der Waals surface area contributed by atoms with E-state index in [1.807, 2.05) is 64.6 Å². The molecule has 6 rings (SSSR count). The normalized spacial score (nSPS) is 29.2. The smallest absolute Gasteiger partial charge is 0.256 e. The first kappa shape index (κ1) is 35.1. The third kappa shape index (κ3) is 6.46. The Bertz CT molecular complexity index is 1570. The van der Waals surface area contributed by atoms with E-state index in [-0.39, 0.29) is 23.1 Å². The van der Waals surface area contributed by atoms with Crippen LogP contribution in [-0.2, 0) is 38.2 Å². The van der Waals surface area contributed by atoms with Gasteiger partial charge in [-0.1, -0.05) is 32.4 Å². The number of fused-ring (bicyclic) bond motifs is 1. The Kier molecular flexibility index (Phi) is 9.62. The van der Waals surface area contributed by atoms with E-state index >= 15 is 0 Å². The van der Waals surface area contributed by atoms with Gasteiger partial charge < -0.3 is 14.4 Å². The number of rotatable bonds is 8. The second-order valence-corrected chi connectivity index (χ2v) is 17.5. The number of thiophene rings is 1. The molecule has 4 atom stereocenters. The average Bonchev–Trinajstić information content (AvgIpc) is 3.32. The second kappa shape index (κ2) is 13.2. The minimum atomic E-state index is -1.36. The van der Waals surface area contributed by atoms with E-state index < -0.39 is 40.6 Å². The molecule has 12 heteroatoms. The third-order valence-electron chi connectivity index (χ3n) is 9.91. The number of carbonyl (C=O) groups is 4. The number of carbonyl (C=O) groups excluding carboxylic acids is 4. The summed E-state index contributed by atoms with van der Waals surface area (Å²) in [4.78, 5) is 65.1. The third-order valence-corrected chi connectivity index (χ3v) is 13.0. The topological polar surface area (TPSA) is 114 Å². The Labute approximate surface area is 291 Å². The van der Waals surface area contributed by atoms with Crippen LogP contribution >= 0.6 is 23.1 Å². The molecule has 1 N–H and O–H groups in total. The van der Waals surface area contributed by atoms with Crippen LogP contribution in [-0.4, -0.2) is 72.0 Å². The lowest BCUT2D eigenvalue weighted by Gasteiger charge is -2.35. The molecule has 3 aliphatic heterocycles. The van der Waals surface area contributed by atoms with Crippen LogP contribution in [0.5, 0.6) is 0 Å². The fourth-order valence-electron chi connectivity index (χ4n) is 7.51. The zero-order valence-electron chi connectivity index (χ0n) is 28.8. The van der Waals surface area contributed by atoms with Gasteiger partial charge >= 0.3 is 0 Å². The van der Waals surface area contributed by atoms with Crippen LogP contribution in [0, 0.1) is 11.3 Å². The van der Waals surface area contributed by atoms with Crippen molar-refractivity contribution in [1.82, 2.24) is 10.4 Å². The number of hydrogen-bond acceptors (Lipinski definition) is 9. The fraction of sp³-hybridized carbons (Fsp3) is 0.611. The van der Waals surface area contributed by atoms with Crippen molar-refractivity contribution < 1.29 is 33.5 Å². The van der Waals surface area contributed by atoms with Gasteiger partial charge in [-0.15, -0.1) is 23.1 Å². The van der Waals surface area contributed by atoms with Crippen molar-refractivity contribution in [3.63, 3.8) is 0 Å². The van der Waals surface area contributed by atoms with E-state index in [0.717, 1.165) is 59.6 Å². The zero-order valence-corrected chi connectivity index (χ0v) is 30.4. The molecule has 1 aromatic carbocycles. The molecule has 2 aromatic rings. The maximum Gasteiger partial charge on any atom is 0.256 e. The lowest BCUT2D eigenvalue weighted by atomic mass is 9.94. The number of amides is 4. The highest BCUT2D eigenvalue weighted by atomic mass is 32.2. The minimum absolute atomic E-state index is 0.164. The van der Waals surface area contributed by atoms with Gasteiger partial charge in [-0.2, -0.15) is 0 Å². The molecule has 48 heavy (non-hydrogen) atoms. The number of nitrogens with zero attached hydrogens (tertiary/aromatic N) is 2. The van der Waals surface area contributed by atoms with Gasteiger partial charge in [0.1, 0.15) is 6.54 Å². The van der Waals surface area contributed by atoms with Gasteiger partial charge in [0, 0.05) is 41.7 Å². The van der Waals surface area contributed by atoms with E-state index in [4.69, 9.17) is 14.3 Å². The molecule has 0 bridgehead atoms. The van der Waals surface area contributed by atoms with Gasteiger partial charge in [0.05, 0.1) is 22.0 Å². The number of likely N-dealkylation sites (N-methyl/N-ethyl adjacent to an activating group) is 1. The molecule has 4 heterocycles. The van der Waals surface area contributed by atoms with Crippen molar-refractivity contribution in [2.24, 2.45) is 11.3 Å². The molecule has 4 aliphatic rings. The minimum Gasteiger partial charge on any atom is -0.358 e. The lowest BCUT2D eigenvalue weighted by molar-refractivity contribution is -0.200. The summed E-state index contributed by atoms with van der Waals surface area (Å²) in [5.41, 5.74) is 1.12. The van der Waals surface area contributed by atoms with Crippen LogP contribution in [0.1, 0.15) is 84.4 Å². The Morgan fingerprint density at radius 3 is 2.56 bits per heavy atom. The summed E-state index contributed by atoms with van der Waals surface area (Å²) in [6.07, 6.45) is 5.70. The number of imide groups is 1. The highest BCUT2D eigenvalue weighted by Gasteiger charge is 2.82. The van der Waals surface area contributed by atoms with E-state index in [9.17, 15) is 19.2 Å². The maximum atomic E-state index is 14.3. The molecule has 4 fully saturated rings. The lowest BCUT2D eigenvalue weighted by Crippen LogP contribution is -2.55. The number of benzene rings is 1. The van der Waals surface area contributed by atoms with E-state index in [1.54, 1.807) is 24.5 Å². The molecule has 0 radical (unpaired) electrons. The fourth-order valence-corrected chi connectivity index (χ4v) is 10.4. The SMILES string of the molecule is CN1CC(=O)N(c2cccc(-c3ccc([C@@]4(CC(=O)NOC5CCCCO5)CCCCS4)s3)c2)C(=O)C2C(C)(C)C2(OC(C)(C)C)C1=O. The van der Waals surface area contributed by atoms with Crippen LogP contribution < -0.4 is 10.4 Å². The van der Waals surface area contributed by atoms with Gasteiger partial charge in [-0.05, 0) is 82.0 Å².